The molecule has 2 aliphatic rings. The molecule has 1 saturated heterocycles. The minimum Gasteiger partial charge on any atom is -0.379 e. The van der Waals surface area contributed by atoms with E-state index in [2.05, 4.69) is 21.3 Å². The molecule has 2 aromatic rings. The van der Waals surface area contributed by atoms with E-state index in [9.17, 15) is 19.2 Å². The van der Waals surface area contributed by atoms with Crippen LogP contribution in [-0.2, 0) is 42.9 Å². The summed E-state index contributed by atoms with van der Waals surface area (Å²) in [7, 11) is 1.71. The van der Waals surface area contributed by atoms with Crippen LogP contribution in [0.1, 0.15) is 94.6 Å². The van der Waals surface area contributed by atoms with Crippen LogP contribution in [0.2, 0.25) is 0 Å². The highest BCUT2D eigenvalue weighted by molar-refractivity contribution is 6.17. The number of amides is 4. The summed E-state index contributed by atoms with van der Waals surface area (Å²) < 4.78 is 28.1. The van der Waals surface area contributed by atoms with E-state index in [1.807, 2.05) is 60.7 Å². The van der Waals surface area contributed by atoms with E-state index < -0.39 is 36.0 Å². The van der Waals surface area contributed by atoms with Crippen molar-refractivity contribution < 1.29 is 42.9 Å². The van der Waals surface area contributed by atoms with Crippen molar-refractivity contribution >= 4 is 35.2 Å². The van der Waals surface area contributed by atoms with Crippen molar-refractivity contribution in [3.8, 4) is 0 Å². The van der Waals surface area contributed by atoms with Crippen molar-refractivity contribution in [1.82, 2.24) is 26.2 Å². The first-order valence-electron chi connectivity index (χ1n) is 23.3. The van der Waals surface area contributed by atoms with Crippen molar-refractivity contribution in [3.63, 3.8) is 0 Å². The molecule has 15 heteroatoms. The van der Waals surface area contributed by atoms with Gasteiger partial charge in [-0.3, -0.25) is 19.2 Å². The van der Waals surface area contributed by atoms with Crippen LogP contribution in [0.4, 0.5) is 0 Å². The quantitative estimate of drug-likeness (QED) is 0.0583. The second kappa shape index (κ2) is 31.3. The van der Waals surface area contributed by atoms with Gasteiger partial charge in [-0.1, -0.05) is 92.8 Å². The lowest BCUT2D eigenvalue weighted by molar-refractivity contribution is -0.143. The Balaban J connectivity index is 1.27. The van der Waals surface area contributed by atoms with E-state index in [-0.39, 0.29) is 36.8 Å². The number of likely N-dealkylation sites (N-methyl/N-ethyl adjacent to an activating group) is 1. The van der Waals surface area contributed by atoms with Gasteiger partial charge in [-0.05, 0) is 69.5 Å². The molecule has 4 rings (SSSR count). The molecular formula is C48H74ClN5O9. The maximum atomic E-state index is 14.4. The van der Waals surface area contributed by atoms with Crippen LogP contribution in [0.3, 0.4) is 0 Å². The van der Waals surface area contributed by atoms with Crippen molar-refractivity contribution in [2.24, 2.45) is 5.92 Å². The average Bonchev–Trinajstić information content (AvgIpc) is 3.82. The first-order valence-corrected chi connectivity index (χ1v) is 23.8. The van der Waals surface area contributed by atoms with E-state index in [0.717, 1.165) is 81.4 Å². The van der Waals surface area contributed by atoms with Gasteiger partial charge >= 0.3 is 0 Å². The Kier molecular flexibility index (Phi) is 25.8. The molecule has 63 heavy (non-hydrogen) atoms. The number of benzene rings is 2. The van der Waals surface area contributed by atoms with E-state index in [1.165, 1.54) is 0 Å². The number of halogens is 1. The van der Waals surface area contributed by atoms with Gasteiger partial charge in [0.05, 0.1) is 65.5 Å². The first kappa shape index (κ1) is 52.0. The van der Waals surface area contributed by atoms with Crippen LogP contribution in [-0.4, -0.2) is 145 Å². The highest BCUT2D eigenvalue weighted by atomic mass is 35.5. The minimum atomic E-state index is -1.01. The summed E-state index contributed by atoms with van der Waals surface area (Å²) in [4.78, 5) is 57.8. The molecule has 1 saturated carbocycles. The van der Waals surface area contributed by atoms with Gasteiger partial charge in [-0.15, -0.1) is 11.6 Å². The van der Waals surface area contributed by atoms with Crippen LogP contribution < -0.4 is 21.3 Å². The van der Waals surface area contributed by atoms with Crippen molar-refractivity contribution in [1.29, 1.82) is 0 Å². The number of carbonyl (C=O) groups excluding carboxylic acids is 4. The number of likely N-dealkylation sites (tertiary alicyclic amines) is 1. The van der Waals surface area contributed by atoms with Gasteiger partial charge in [0.1, 0.15) is 18.1 Å². The van der Waals surface area contributed by atoms with Crippen molar-refractivity contribution in [2.75, 3.05) is 92.1 Å². The molecule has 1 aliphatic heterocycles. The largest absolute Gasteiger partial charge is 0.379 e. The number of ether oxygens (including phenoxy) is 5. The molecule has 352 valence electrons. The summed E-state index contributed by atoms with van der Waals surface area (Å²) >= 11 is 5.69. The number of alkyl halides is 1. The fourth-order valence-electron chi connectivity index (χ4n) is 8.18. The van der Waals surface area contributed by atoms with Gasteiger partial charge in [-0.2, -0.15) is 0 Å². The molecule has 1 aliphatic carbocycles. The zero-order valence-electron chi connectivity index (χ0n) is 37.7. The van der Waals surface area contributed by atoms with Gasteiger partial charge in [0.25, 0.3) is 0 Å². The third-order valence-corrected chi connectivity index (χ3v) is 12.1. The Bertz CT molecular complexity index is 1530. The summed E-state index contributed by atoms with van der Waals surface area (Å²) in [6.07, 6.45) is 10.2. The molecular weight excluding hydrogens is 826 g/mol. The molecule has 0 unspecified atom stereocenters. The molecule has 2 aromatic carbocycles. The first-order chi connectivity index (χ1) is 30.8. The number of hydrogen-bond donors (Lipinski definition) is 4. The Labute approximate surface area is 380 Å². The highest BCUT2D eigenvalue weighted by Crippen LogP contribution is 2.31. The Morgan fingerprint density at radius 2 is 1.19 bits per heavy atom. The summed E-state index contributed by atoms with van der Waals surface area (Å²) in [6, 6.07) is 16.3. The van der Waals surface area contributed by atoms with E-state index in [0.29, 0.717) is 72.2 Å². The highest BCUT2D eigenvalue weighted by Gasteiger charge is 2.43. The lowest BCUT2D eigenvalue weighted by atomic mass is 9.83. The Morgan fingerprint density at radius 1 is 0.651 bits per heavy atom. The summed E-state index contributed by atoms with van der Waals surface area (Å²) in [5, 5.41) is 12.1. The van der Waals surface area contributed by atoms with E-state index in [1.54, 1.807) is 18.9 Å². The smallest absolute Gasteiger partial charge is 0.246 e. The molecule has 14 nitrogen and oxygen atoms in total. The molecule has 0 radical (unpaired) electrons. The third kappa shape index (κ3) is 18.8. The molecule has 4 amide bonds. The predicted octanol–water partition coefficient (Wildman–Crippen LogP) is 4.97. The molecule has 1 heterocycles. The predicted molar refractivity (Wildman–Crippen MR) is 245 cm³/mol. The third-order valence-electron chi connectivity index (χ3n) is 11.8. The molecule has 2 fully saturated rings. The van der Waals surface area contributed by atoms with Crippen LogP contribution in [0.25, 0.3) is 0 Å². The topological polar surface area (TPSA) is 166 Å². The Morgan fingerprint density at radius 3 is 1.75 bits per heavy atom. The maximum Gasteiger partial charge on any atom is 0.246 e. The molecule has 0 spiro atoms. The van der Waals surface area contributed by atoms with Crippen LogP contribution in [0, 0.1) is 5.92 Å². The van der Waals surface area contributed by atoms with E-state index >= 15 is 0 Å². The van der Waals surface area contributed by atoms with Gasteiger partial charge < -0.3 is 49.9 Å². The lowest BCUT2D eigenvalue weighted by Gasteiger charge is -2.36. The fourth-order valence-corrected chi connectivity index (χ4v) is 8.37. The number of unbranched alkanes of at least 4 members (excludes halogenated alkanes) is 3. The number of nitrogens with zero attached hydrogens (tertiary/aromatic N) is 1. The minimum absolute atomic E-state index is 0.00999. The molecule has 4 N–H and O–H groups in total. The summed E-state index contributed by atoms with van der Waals surface area (Å²) in [5.74, 6) is -1.07. The molecule has 4 atom stereocenters. The summed E-state index contributed by atoms with van der Waals surface area (Å²) in [5.41, 5.74) is 1.72. The zero-order valence-corrected chi connectivity index (χ0v) is 38.5. The van der Waals surface area contributed by atoms with Gasteiger partial charge in [0.15, 0.2) is 0 Å². The van der Waals surface area contributed by atoms with Crippen molar-refractivity contribution in [2.45, 2.75) is 108 Å². The van der Waals surface area contributed by atoms with Crippen LogP contribution in [0.5, 0.6) is 0 Å². The second-order valence-corrected chi connectivity index (χ2v) is 16.7. The van der Waals surface area contributed by atoms with Gasteiger partial charge in [0.2, 0.25) is 23.6 Å². The lowest BCUT2D eigenvalue weighted by Crippen LogP contribution is -2.59. The monoisotopic (exact) mass is 900 g/mol. The number of carbonyl (C=O) groups is 4. The van der Waals surface area contributed by atoms with Crippen molar-refractivity contribution in [3.05, 3.63) is 71.8 Å². The van der Waals surface area contributed by atoms with Gasteiger partial charge in [0, 0.05) is 31.5 Å². The summed E-state index contributed by atoms with van der Waals surface area (Å²) in [6.45, 7) is 7.01. The second-order valence-electron chi connectivity index (χ2n) is 16.3. The maximum absolute atomic E-state index is 14.4. The van der Waals surface area contributed by atoms with Crippen LogP contribution >= 0.6 is 11.6 Å². The van der Waals surface area contributed by atoms with E-state index in [4.69, 9.17) is 35.3 Å². The average molecular weight is 901 g/mol. The van der Waals surface area contributed by atoms with Gasteiger partial charge in [-0.25, -0.2) is 0 Å². The number of nitrogens with one attached hydrogen (secondary N) is 4. The Hall–Kier alpha value is -3.63. The number of hydrogen-bond acceptors (Lipinski definition) is 10. The fraction of sp³-hybridized carbons (Fsp3) is 0.667. The number of rotatable bonds is 32. The zero-order chi connectivity index (χ0) is 44.9. The molecule has 0 aromatic heterocycles. The standard InChI is InChI=1S/C48H74ClN5O9/c1-37(50-2)45(55)52-43(40-21-12-7-13-22-40)48(58)54-26-16-23-41(54)46(56)53-44(42(38-17-8-5-9-18-38)39-19-10-6-11-20-39)47(57)51-25-28-60-30-32-62-34-36-63-35-33-61-31-29-59-27-15-4-3-14-24-49/h5-6,8-11,17-20,37,40-44,50H,3-4,7,12-16,21-36H2,1-2H3,(H,51,57)(H,52,55)(H,53,56)/t37-,41-,43-,44-/m0/s1. The SMILES string of the molecule is CN[C@@H](C)C(=O)N[C@H](C(=O)N1CCC[C@H]1C(=O)N[C@H](C(=O)NCCOCCOCCOCCOCCOCCCCCCCl)C(c1ccccc1)c1ccccc1)C1CCCCC1. The normalized spacial score (nSPS) is 17.0. The molecule has 0 bridgehead atoms. The van der Waals surface area contributed by atoms with Crippen LogP contribution in [0.15, 0.2) is 60.7 Å².